The van der Waals surface area contributed by atoms with Gasteiger partial charge in [0.25, 0.3) is 0 Å². The summed E-state index contributed by atoms with van der Waals surface area (Å²) in [6.07, 6.45) is 7.20. The van der Waals surface area contributed by atoms with Gasteiger partial charge in [-0.3, -0.25) is 0 Å². The van der Waals surface area contributed by atoms with Crippen molar-refractivity contribution in [3.8, 4) is 0 Å². The number of benzene rings is 2. The summed E-state index contributed by atoms with van der Waals surface area (Å²) in [5.74, 6) is -0.257. The van der Waals surface area contributed by atoms with Gasteiger partial charge in [-0.25, -0.2) is 4.79 Å². The summed E-state index contributed by atoms with van der Waals surface area (Å²) < 4.78 is 0. The minimum absolute atomic E-state index is 0.323. The topological polar surface area (TPSA) is 37.3 Å². The molecule has 2 aromatic rings. The number of hydrogen-bond acceptors (Lipinski definition) is 1. The Balaban J connectivity index is 1.89. The Hall–Kier alpha value is -2.35. The van der Waals surface area contributed by atoms with Gasteiger partial charge in [-0.05, 0) is 72.1 Å². The fourth-order valence-electron chi connectivity index (χ4n) is 3.50. The molecule has 0 fully saturated rings. The van der Waals surface area contributed by atoms with Crippen LogP contribution in [-0.4, -0.2) is 11.1 Å². The van der Waals surface area contributed by atoms with Gasteiger partial charge in [0.05, 0.1) is 5.56 Å². The SMILES string of the molecule is CC(=Cc1ccc(C(=O)O)cc1)c1ccc2c(c1)C(C)CCCC2. The first kappa shape index (κ1) is 16.5. The molecular weight excluding hydrogens is 296 g/mol. The van der Waals surface area contributed by atoms with Crippen LogP contribution in [-0.2, 0) is 6.42 Å². The van der Waals surface area contributed by atoms with E-state index >= 15 is 0 Å². The van der Waals surface area contributed by atoms with E-state index in [4.69, 9.17) is 5.11 Å². The van der Waals surface area contributed by atoms with Crippen molar-refractivity contribution in [2.24, 2.45) is 0 Å². The summed E-state index contributed by atoms with van der Waals surface area (Å²) in [5.41, 5.74) is 6.81. The zero-order valence-corrected chi connectivity index (χ0v) is 14.4. The molecule has 1 aliphatic carbocycles. The third-order valence-corrected chi connectivity index (χ3v) is 5.01. The fourth-order valence-corrected chi connectivity index (χ4v) is 3.50. The molecule has 124 valence electrons. The number of aryl methyl sites for hydroxylation is 1. The Morgan fingerprint density at radius 3 is 2.50 bits per heavy atom. The molecule has 0 saturated carbocycles. The first-order valence-electron chi connectivity index (χ1n) is 8.69. The van der Waals surface area contributed by atoms with Gasteiger partial charge in [-0.15, -0.1) is 0 Å². The van der Waals surface area contributed by atoms with E-state index in [0.717, 1.165) is 5.56 Å². The highest BCUT2D eigenvalue weighted by Gasteiger charge is 2.15. The van der Waals surface area contributed by atoms with Crippen molar-refractivity contribution in [3.63, 3.8) is 0 Å². The normalized spacial score (nSPS) is 17.9. The van der Waals surface area contributed by atoms with Crippen LogP contribution in [0.2, 0.25) is 0 Å². The average Bonchev–Trinajstić information content (AvgIpc) is 2.76. The van der Waals surface area contributed by atoms with Gasteiger partial charge >= 0.3 is 5.97 Å². The summed E-state index contributed by atoms with van der Waals surface area (Å²) in [6.45, 7) is 4.45. The standard InChI is InChI=1S/C22H24O2/c1-15-5-3-4-6-18-11-12-20(14-21(15)18)16(2)13-17-7-9-19(10-8-17)22(23)24/h7-15H,3-6H2,1-2H3,(H,23,24). The molecule has 2 heteroatoms. The molecule has 0 radical (unpaired) electrons. The Labute approximate surface area is 143 Å². The number of allylic oxidation sites excluding steroid dienone is 1. The Morgan fingerprint density at radius 2 is 1.79 bits per heavy atom. The third kappa shape index (κ3) is 3.59. The van der Waals surface area contributed by atoms with E-state index in [-0.39, 0.29) is 0 Å². The van der Waals surface area contributed by atoms with Crippen molar-refractivity contribution in [2.75, 3.05) is 0 Å². The smallest absolute Gasteiger partial charge is 0.335 e. The molecule has 2 aromatic carbocycles. The lowest BCUT2D eigenvalue weighted by atomic mass is 9.90. The molecule has 0 aliphatic heterocycles. The molecule has 0 spiro atoms. The number of fused-ring (bicyclic) bond motifs is 1. The highest BCUT2D eigenvalue weighted by atomic mass is 16.4. The summed E-state index contributed by atoms with van der Waals surface area (Å²) in [4.78, 5) is 10.9. The first-order chi connectivity index (χ1) is 11.5. The van der Waals surface area contributed by atoms with Gasteiger partial charge in [0.2, 0.25) is 0 Å². The molecule has 0 bridgehead atoms. The van der Waals surface area contributed by atoms with Gasteiger partial charge in [-0.1, -0.05) is 49.8 Å². The first-order valence-corrected chi connectivity index (χ1v) is 8.69. The van der Waals surface area contributed by atoms with Crippen LogP contribution in [0.25, 0.3) is 11.6 Å². The van der Waals surface area contributed by atoms with E-state index in [0.29, 0.717) is 11.5 Å². The molecule has 0 amide bonds. The number of carbonyl (C=O) groups is 1. The zero-order chi connectivity index (χ0) is 17.1. The predicted molar refractivity (Wildman–Crippen MR) is 99.4 cm³/mol. The largest absolute Gasteiger partial charge is 0.478 e. The predicted octanol–water partition coefficient (Wildman–Crippen LogP) is 5.78. The summed E-state index contributed by atoms with van der Waals surface area (Å²) in [6, 6.07) is 13.9. The molecule has 1 N–H and O–H groups in total. The number of rotatable bonds is 3. The lowest BCUT2D eigenvalue weighted by molar-refractivity contribution is 0.0697. The molecule has 0 aromatic heterocycles. The second kappa shape index (κ2) is 7.04. The van der Waals surface area contributed by atoms with E-state index in [1.807, 2.05) is 12.1 Å². The number of aromatic carboxylic acids is 1. The van der Waals surface area contributed by atoms with Crippen molar-refractivity contribution >= 4 is 17.6 Å². The maximum atomic E-state index is 10.9. The Morgan fingerprint density at radius 1 is 1.08 bits per heavy atom. The monoisotopic (exact) mass is 320 g/mol. The zero-order valence-electron chi connectivity index (χ0n) is 14.4. The van der Waals surface area contributed by atoms with Crippen molar-refractivity contribution in [2.45, 2.75) is 45.4 Å². The Bertz CT molecular complexity index is 769. The summed E-state index contributed by atoms with van der Waals surface area (Å²) in [7, 11) is 0. The number of hydrogen-bond donors (Lipinski definition) is 1. The van der Waals surface area contributed by atoms with E-state index in [1.165, 1.54) is 47.9 Å². The van der Waals surface area contributed by atoms with Crippen molar-refractivity contribution in [3.05, 3.63) is 70.3 Å². The number of carboxylic acid groups (broad SMARTS) is 1. The minimum Gasteiger partial charge on any atom is -0.478 e. The highest BCUT2D eigenvalue weighted by Crippen LogP contribution is 2.32. The summed E-state index contributed by atoms with van der Waals surface area (Å²) >= 11 is 0. The molecule has 24 heavy (non-hydrogen) atoms. The second-order valence-electron chi connectivity index (χ2n) is 6.81. The maximum Gasteiger partial charge on any atom is 0.335 e. The van der Waals surface area contributed by atoms with Crippen LogP contribution < -0.4 is 0 Å². The molecular formula is C22H24O2. The van der Waals surface area contributed by atoms with E-state index in [2.05, 4.69) is 38.1 Å². The van der Waals surface area contributed by atoms with Crippen LogP contribution in [0.5, 0.6) is 0 Å². The van der Waals surface area contributed by atoms with Crippen LogP contribution in [0.3, 0.4) is 0 Å². The molecule has 1 unspecified atom stereocenters. The third-order valence-electron chi connectivity index (χ3n) is 5.01. The van der Waals surface area contributed by atoms with Crippen LogP contribution >= 0.6 is 0 Å². The van der Waals surface area contributed by atoms with Crippen molar-refractivity contribution < 1.29 is 9.90 Å². The van der Waals surface area contributed by atoms with E-state index < -0.39 is 5.97 Å². The van der Waals surface area contributed by atoms with Crippen molar-refractivity contribution in [1.82, 2.24) is 0 Å². The van der Waals surface area contributed by atoms with Gasteiger partial charge in [-0.2, -0.15) is 0 Å². The highest BCUT2D eigenvalue weighted by molar-refractivity contribution is 5.88. The van der Waals surface area contributed by atoms with Crippen LogP contribution in [0.4, 0.5) is 0 Å². The molecule has 2 nitrogen and oxygen atoms in total. The van der Waals surface area contributed by atoms with E-state index in [1.54, 1.807) is 12.1 Å². The lowest BCUT2D eigenvalue weighted by Crippen LogP contribution is -1.97. The van der Waals surface area contributed by atoms with Gasteiger partial charge in [0.15, 0.2) is 0 Å². The molecule has 0 heterocycles. The number of carboxylic acids is 1. The quantitative estimate of drug-likeness (QED) is 0.575. The summed E-state index contributed by atoms with van der Waals surface area (Å²) in [5, 5.41) is 8.98. The van der Waals surface area contributed by atoms with E-state index in [9.17, 15) is 4.79 Å². The molecule has 3 rings (SSSR count). The lowest BCUT2D eigenvalue weighted by Gasteiger charge is -2.14. The minimum atomic E-state index is -0.887. The second-order valence-corrected chi connectivity index (χ2v) is 6.81. The molecule has 1 atom stereocenters. The van der Waals surface area contributed by atoms with Gasteiger partial charge < -0.3 is 5.11 Å². The van der Waals surface area contributed by atoms with Crippen LogP contribution in [0, 0.1) is 0 Å². The van der Waals surface area contributed by atoms with Gasteiger partial charge in [0, 0.05) is 0 Å². The molecule has 1 aliphatic rings. The maximum absolute atomic E-state index is 10.9. The average molecular weight is 320 g/mol. The van der Waals surface area contributed by atoms with Gasteiger partial charge in [0.1, 0.15) is 0 Å². The van der Waals surface area contributed by atoms with Crippen LogP contribution in [0.15, 0.2) is 42.5 Å². The fraction of sp³-hybridized carbons (Fsp3) is 0.318. The van der Waals surface area contributed by atoms with Crippen LogP contribution in [0.1, 0.15) is 71.6 Å². The van der Waals surface area contributed by atoms with Crippen molar-refractivity contribution in [1.29, 1.82) is 0 Å². The Kier molecular flexibility index (Phi) is 4.84. The molecule has 0 saturated heterocycles.